The summed E-state index contributed by atoms with van der Waals surface area (Å²) < 4.78 is 11.1. The third-order valence-electron chi connectivity index (χ3n) is 5.77. The molecule has 5 nitrogen and oxygen atoms in total. The van der Waals surface area contributed by atoms with Crippen molar-refractivity contribution in [3.63, 3.8) is 0 Å². The van der Waals surface area contributed by atoms with E-state index in [0.29, 0.717) is 22.4 Å². The molecule has 0 unspecified atom stereocenters. The van der Waals surface area contributed by atoms with Crippen molar-refractivity contribution in [2.45, 2.75) is 39.2 Å². The Morgan fingerprint density at radius 2 is 1.59 bits per heavy atom. The lowest BCUT2D eigenvalue weighted by Crippen LogP contribution is -2.25. The van der Waals surface area contributed by atoms with Gasteiger partial charge in [-0.25, -0.2) is 9.59 Å². The highest BCUT2D eigenvalue weighted by atomic mass is 16.6. The van der Waals surface area contributed by atoms with E-state index in [1.165, 1.54) is 0 Å². The molecule has 0 saturated heterocycles. The number of nitrogens with one attached hydrogen (secondary N) is 1. The Bertz CT molecular complexity index is 1260. The maximum absolute atomic E-state index is 12.8. The fraction of sp³-hybridized carbons (Fsp3) is 0.241. The molecule has 0 aliphatic heterocycles. The van der Waals surface area contributed by atoms with Crippen LogP contribution in [0.1, 0.15) is 59.3 Å². The van der Waals surface area contributed by atoms with Crippen LogP contribution in [0.5, 0.6) is 0 Å². The fourth-order valence-corrected chi connectivity index (χ4v) is 4.22. The minimum absolute atomic E-state index is 0.0476. The highest BCUT2D eigenvalue weighted by Gasteiger charge is 2.29. The molecule has 0 fully saturated rings. The zero-order chi connectivity index (χ0) is 24.5. The molecule has 0 bridgehead atoms. The van der Waals surface area contributed by atoms with Gasteiger partial charge in [-0.3, -0.25) is 5.32 Å². The Hall–Kier alpha value is -4.04. The van der Waals surface area contributed by atoms with Crippen molar-refractivity contribution in [1.29, 1.82) is 0 Å². The number of anilines is 1. The number of esters is 1. The minimum Gasteiger partial charge on any atom is -0.456 e. The molecule has 1 N–H and O–H groups in total. The van der Waals surface area contributed by atoms with Gasteiger partial charge in [0, 0.05) is 17.2 Å². The SMILES string of the molecule is C#Cc1cc(NC(=O)OCC2c3ccccc3-c3ccccc32)c(C)c(C(=O)OC(C)(C)C)c1. The fourth-order valence-electron chi connectivity index (χ4n) is 4.22. The minimum atomic E-state index is -0.657. The average Bonchev–Trinajstić information content (AvgIpc) is 3.11. The molecule has 0 heterocycles. The van der Waals surface area contributed by atoms with Crippen molar-refractivity contribution in [2.24, 2.45) is 0 Å². The van der Waals surface area contributed by atoms with Crippen LogP contribution in [-0.4, -0.2) is 24.3 Å². The van der Waals surface area contributed by atoms with Crippen LogP contribution in [-0.2, 0) is 9.47 Å². The van der Waals surface area contributed by atoms with E-state index < -0.39 is 17.7 Å². The summed E-state index contributed by atoms with van der Waals surface area (Å²) >= 11 is 0. The summed E-state index contributed by atoms with van der Waals surface area (Å²) in [6.45, 7) is 7.30. The third-order valence-corrected chi connectivity index (χ3v) is 5.77. The van der Waals surface area contributed by atoms with Crippen LogP contribution < -0.4 is 5.32 Å². The molecule has 4 rings (SSSR count). The lowest BCUT2D eigenvalue weighted by atomic mass is 9.98. The average molecular weight is 454 g/mol. The van der Waals surface area contributed by atoms with Crippen molar-refractivity contribution < 1.29 is 19.1 Å². The Morgan fingerprint density at radius 3 is 2.15 bits per heavy atom. The number of carbonyl (C=O) groups excluding carboxylic acids is 2. The molecule has 0 aromatic heterocycles. The summed E-state index contributed by atoms with van der Waals surface area (Å²) in [5.41, 5.74) is 5.66. The second-order valence-corrected chi connectivity index (χ2v) is 9.29. The lowest BCUT2D eigenvalue weighted by Gasteiger charge is -2.21. The van der Waals surface area contributed by atoms with E-state index in [2.05, 4.69) is 35.5 Å². The van der Waals surface area contributed by atoms with Gasteiger partial charge in [-0.1, -0.05) is 54.5 Å². The zero-order valence-electron chi connectivity index (χ0n) is 19.8. The van der Waals surface area contributed by atoms with Gasteiger partial charge in [-0.05, 0) is 67.6 Å². The van der Waals surface area contributed by atoms with Crippen molar-refractivity contribution in [2.75, 3.05) is 11.9 Å². The number of ether oxygens (including phenoxy) is 2. The first kappa shape index (κ1) is 23.1. The Labute approximate surface area is 200 Å². The molecule has 0 radical (unpaired) electrons. The molecule has 0 atom stereocenters. The first-order valence-corrected chi connectivity index (χ1v) is 11.1. The Morgan fingerprint density at radius 1 is 1.00 bits per heavy atom. The molecule has 1 aliphatic carbocycles. The number of benzene rings is 3. The third kappa shape index (κ3) is 4.67. The molecule has 0 spiro atoms. The van der Waals surface area contributed by atoms with Gasteiger partial charge in [-0.2, -0.15) is 0 Å². The molecule has 1 amide bonds. The van der Waals surface area contributed by atoms with Gasteiger partial charge in [0.1, 0.15) is 12.2 Å². The molecular weight excluding hydrogens is 426 g/mol. The van der Waals surface area contributed by atoms with Crippen molar-refractivity contribution in [1.82, 2.24) is 0 Å². The smallest absolute Gasteiger partial charge is 0.411 e. The van der Waals surface area contributed by atoms with Crippen LogP contribution >= 0.6 is 0 Å². The highest BCUT2D eigenvalue weighted by Crippen LogP contribution is 2.44. The zero-order valence-corrected chi connectivity index (χ0v) is 19.8. The summed E-state index contributed by atoms with van der Waals surface area (Å²) in [4.78, 5) is 25.4. The monoisotopic (exact) mass is 453 g/mol. The summed E-state index contributed by atoms with van der Waals surface area (Å²) in [6.07, 6.45) is 4.97. The number of carbonyl (C=O) groups is 2. The maximum Gasteiger partial charge on any atom is 0.411 e. The van der Waals surface area contributed by atoms with Gasteiger partial charge in [0.05, 0.1) is 5.56 Å². The van der Waals surface area contributed by atoms with Gasteiger partial charge in [-0.15, -0.1) is 6.42 Å². The largest absolute Gasteiger partial charge is 0.456 e. The molecule has 1 aliphatic rings. The number of rotatable bonds is 4. The van der Waals surface area contributed by atoms with E-state index in [0.717, 1.165) is 22.3 Å². The van der Waals surface area contributed by atoms with Crippen molar-refractivity contribution >= 4 is 17.7 Å². The number of terminal acetylenes is 1. The summed E-state index contributed by atoms with van der Waals surface area (Å²) in [5, 5.41) is 2.75. The van der Waals surface area contributed by atoms with Gasteiger partial charge in [0.15, 0.2) is 0 Å². The molecule has 0 saturated carbocycles. The molecule has 3 aromatic carbocycles. The maximum atomic E-state index is 12.8. The van der Waals surface area contributed by atoms with Crippen LogP contribution in [0.25, 0.3) is 11.1 Å². The predicted octanol–water partition coefficient (Wildman–Crippen LogP) is 6.29. The second kappa shape index (κ2) is 9.07. The van der Waals surface area contributed by atoms with Gasteiger partial charge >= 0.3 is 12.1 Å². The van der Waals surface area contributed by atoms with E-state index in [4.69, 9.17) is 15.9 Å². The summed E-state index contributed by atoms with van der Waals surface area (Å²) in [6, 6.07) is 19.5. The van der Waals surface area contributed by atoms with E-state index in [1.54, 1.807) is 39.8 Å². The molecule has 34 heavy (non-hydrogen) atoms. The number of hydrogen-bond donors (Lipinski definition) is 1. The van der Waals surface area contributed by atoms with Gasteiger partial charge < -0.3 is 9.47 Å². The van der Waals surface area contributed by atoms with Gasteiger partial charge in [0.25, 0.3) is 0 Å². The number of hydrogen-bond acceptors (Lipinski definition) is 4. The Balaban J connectivity index is 1.52. The quantitative estimate of drug-likeness (QED) is 0.372. The van der Waals surface area contributed by atoms with Crippen LogP contribution in [0.3, 0.4) is 0 Å². The van der Waals surface area contributed by atoms with Crippen LogP contribution in [0.2, 0.25) is 0 Å². The Kier molecular flexibility index (Phi) is 6.17. The van der Waals surface area contributed by atoms with E-state index >= 15 is 0 Å². The molecular formula is C29H27NO4. The van der Waals surface area contributed by atoms with E-state index in [9.17, 15) is 9.59 Å². The summed E-state index contributed by atoms with van der Waals surface area (Å²) in [7, 11) is 0. The standard InChI is InChI=1S/C29H27NO4/c1-6-19-15-24(27(31)34-29(3,4)5)18(2)26(16-19)30-28(32)33-17-25-22-13-9-7-11-20(22)21-12-8-10-14-23(21)25/h1,7-16,25H,17H2,2-5H3,(H,30,32). The topological polar surface area (TPSA) is 64.6 Å². The van der Waals surface area contributed by atoms with Crippen molar-refractivity contribution in [3.8, 4) is 23.5 Å². The molecule has 5 heteroatoms. The van der Waals surface area contributed by atoms with E-state index in [1.807, 2.05) is 24.3 Å². The molecule has 172 valence electrons. The predicted molar refractivity (Wildman–Crippen MR) is 133 cm³/mol. The number of amides is 1. The van der Waals surface area contributed by atoms with E-state index in [-0.39, 0.29) is 12.5 Å². The summed E-state index contributed by atoms with van der Waals surface area (Å²) in [5.74, 6) is 1.98. The first-order chi connectivity index (χ1) is 16.2. The normalized spacial score (nSPS) is 12.3. The van der Waals surface area contributed by atoms with Crippen LogP contribution in [0.15, 0.2) is 60.7 Å². The molecule has 3 aromatic rings. The lowest BCUT2D eigenvalue weighted by molar-refractivity contribution is 0.00686. The van der Waals surface area contributed by atoms with Crippen molar-refractivity contribution in [3.05, 3.63) is 88.5 Å². The van der Waals surface area contributed by atoms with Gasteiger partial charge in [0.2, 0.25) is 0 Å². The van der Waals surface area contributed by atoms with Crippen LogP contribution in [0, 0.1) is 19.3 Å². The number of fused-ring (bicyclic) bond motifs is 3. The first-order valence-electron chi connectivity index (χ1n) is 11.1. The second-order valence-electron chi connectivity index (χ2n) is 9.29. The van der Waals surface area contributed by atoms with Crippen LogP contribution in [0.4, 0.5) is 10.5 Å². The highest BCUT2D eigenvalue weighted by molar-refractivity contribution is 5.96.